The highest BCUT2D eigenvalue weighted by atomic mass is 16.7. The van der Waals surface area contributed by atoms with Gasteiger partial charge >= 0.3 is 0 Å². The number of hydrogen-bond acceptors (Lipinski definition) is 3. The highest BCUT2D eigenvalue weighted by molar-refractivity contribution is 4.78. The van der Waals surface area contributed by atoms with Crippen LogP contribution in [0.4, 0.5) is 0 Å². The van der Waals surface area contributed by atoms with E-state index >= 15 is 0 Å². The average molecular weight is 187 g/mol. The zero-order valence-corrected chi connectivity index (χ0v) is 7.61. The third kappa shape index (κ3) is 2.64. The molecule has 3 saturated heterocycles. The molecule has 0 saturated carbocycles. The van der Waals surface area contributed by atoms with Crippen LogP contribution in [-0.4, -0.2) is 58.0 Å². The third-order valence-electron chi connectivity index (χ3n) is 2.47. The second kappa shape index (κ2) is 3.20. The Kier molecular flexibility index (Phi) is 2.01. The Hall–Kier alpha value is -0.160. The van der Waals surface area contributed by atoms with Gasteiger partial charge in [-0.1, -0.05) is 0 Å². The van der Waals surface area contributed by atoms with Gasteiger partial charge in [0.2, 0.25) is 0 Å². The molecule has 0 bridgehead atoms. The molecule has 0 aromatic carbocycles. The van der Waals surface area contributed by atoms with Crippen molar-refractivity contribution in [3.8, 4) is 0 Å². The molecule has 3 aliphatic heterocycles. The molecular weight excluding hydrogens is 172 g/mol. The van der Waals surface area contributed by atoms with Crippen LogP contribution in [0.5, 0.6) is 0 Å². The first-order chi connectivity index (χ1) is 6.40. The van der Waals surface area contributed by atoms with Crippen LogP contribution in [0.2, 0.25) is 0 Å². The highest BCUT2D eigenvalue weighted by Gasteiger charge is 2.38. The summed E-state index contributed by atoms with van der Waals surface area (Å²) in [4.78, 5) is 0. The summed E-state index contributed by atoms with van der Waals surface area (Å²) in [5.74, 6) is 0. The minimum absolute atomic E-state index is 0.447. The first-order valence-corrected chi connectivity index (χ1v) is 4.89. The van der Waals surface area contributed by atoms with Gasteiger partial charge in [-0.2, -0.15) is 0 Å². The van der Waals surface area contributed by atoms with E-state index in [2.05, 4.69) is 4.37 Å². The lowest BCUT2D eigenvalue weighted by molar-refractivity contribution is -0.153. The van der Waals surface area contributed by atoms with Crippen molar-refractivity contribution in [1.29, 1.82) is 0 Å². The van der Waals surface area contributed by atoms with Gasteiger partial charge in [-0.3, -0.25) is 0 Å². The Balaban J connectivity index is 1.45. The third-order valence-corrected chi connectivity index (χ3v) is 2.47. The standard InChI is InChI=1S/C9H15O4/c1-7(10-1)4-13(5-8-2-11-8)6-9-3-12-9/h7-9H,1-6H2/q+1. The van der Waals surface area contributed by atoms with Crippen LogP contribution in [0.3, 0.4) is 0 Å². The van der Waals surface area contributed by atoms with Crippen LogP contribution in [-0.2, 0) is 18.6 Å². The van der Waals surface area contributed by atoms with Gasteiger partial charge in [0.25, 0.3) is 0 Å². The molecule has 74 valence electrons. The first kappa shape index (κ1) is 8.17. The lowest BCUT2D eigenvalue weighted by Crippen LogP contribution is -2.27. The SMILES string of the molecule is C1OC1C[O+](CC1CO1)CC1CO1. The fourth-order valence-electron chi connectivity index (χ4n) is 1.49. The van der Waals surface area contributed by atoms with Crippen molar-refractivity contribution in [2.75, 3.05) is 39.6 Å². The maximum Gasteiger partial charge on any atom is 0.175 e. The van der Waals surface area contributed by atoms with Crippen LogP contribution < -0.4 is 0 Å². The van der Waals surface area contributed by atoms with E-state index in [9.17, 15) is 0 Å². The zero-order chi connectivity index (χ0) is 8.67. The van der Waals surface area contributed by atoms with E-state index in [1.165, 1.54) is 0 Å². The Morgan fingerprint density at radius 1 is 0.769 bits per heavy atom. The summed E-state index contributed by atoms with van der Waals surface area (Å²) in [5, 5.41) is 0. The van der Waals surface area contributed by atoms with Crippen molar-refractivity contribution in [2.24, 2.45) is 0 Å². The van der Waals surface area contributed by atoms with Crippen molar-refractivity contribution >= 4 is 0 Å². The van der Waals surface area contributed by atoms with Crippen LogP contribution in [0.25, 0.3) is 0 Å². The number of rotatable bonds is 6. The second-order valence-corrected chi connectivity index (χ2v) is 3.98. The van der Waals surface area contributed by atoms with E-state index < -0.39 is 0 Å². The van der Waals surface area contributed by atoms with Gasteiger partial charge in [-0.25, -0.2) is 0 Å². The molecule has 0 aliphatic carbocycles. The summed E-state index contributed by atoms with van der Waals surface area (Å²) in [6.07, 6.45) is 1.34. The van der Waals surface area contributed by atoms with E-state index in [0.717, 1.165) is 39.6 Å². The maximum absolute atomic E-state index is 5.20. The van der Waals surface area contributed by atoms with Gasteiger partial charge in [0.1, 0.15) is 18.3 Å². The molecule has 0 radical (unpaired) electrons. The van der Waals surface area contributed by atoms with Crippen LogP contribution in [0.1, 0.15) is 0 Å². The molecule has 4 heteroatoms. The quantitative estimate of drug-likeness (QED) is 0.424. The molecule has 13 heavy (non-hydrogen) atoms. The molecule has 3 rings (SSSR count). The Morgan fingerprint density at radius 2 is 1.08 bits per heavy atom. The lowest BCUT2D eigenvalue weighted by Gasteiger charge is -2.16. The summed E-state index contributed by atoms with van der Waals surface area (Å²) in [6.45, 7) is 5.67. The van der Waals surface area contributed by atoms with Crippen molar-refractivity contribution in [3.63, 3.8) is 0 Å². The average Bonchev–Trinajstić information content (AvgIpc) is 2.94. The molecule has 0 aromatic heterocycles. The molecule has 3 fully saturated rings. The molecular formula is C9H15O4+. The lowest BCUT2D eigenvalue weighted by atomic mass is 10.4. The van der Waals surface area contributed by atoms with Gasteiger partial charge in [-0.05, 0) is 0 Å². The van der Waals surface area contributed by atoms with Gasteiger partial charge in [0.15, 0.2) is 19.8 Å². The van der Waals surface area contributed by atoms with Crippen molar-refractivity contribution in [2.45, 2.75) is 18.3 Å². The predicted molar refractivity (Wildman–Crippen MR) is 44.9 cm³/mol. The summed E-state index contributed by atoms with van der Waals surface area (Å²) >= 11 is 0. The van der Waals surface area contributed by atoms with Crippen molar-refractivity contribution in [1.82, 2.24) is 0 Å². The molecule has 0 aromatic rings. The molecule has 0 N–H and O–H groups in total. The van der Waals surface area contributed by atoms with Crippen molar-refractivity contribution in [3.05, 3.63) is 0 Å². The fraction of sp³-hybridized carbons (Fsp3) is 1.00. The number of ether oxygens (including phenoxy) is 3. The summed E-state index contributed by atoms with van der Waals surface area (Å²) in [6, 6.07) is 0. The zero-order valence-electron chi connectivity index (χ0n) is 7.61. The minimum atomic E-state index is 0.447. The molecule has 3 heterocycles. The number of epoxide rings is 3. The van der Waals surface area contributed by atoms with Gasteiger partial charge in [0.05, 0.1) is 19.8 Å². The molecule has 0 amide bonds. The van der Waals surface area contributed by atoms with Crippen molar-refractivity contribution < 1.29 is 18.6 Å². The monoisotopic (exact) mass is 187 g/mol. The smallest absolute Gasteiger partial charge is 0.175 e. The van der Waals surface area contributed by atoms with Crippen LogP contribution in [0, 0.1) is 0 Å². The summed E-state index contributed by atoms with van der Waals surface area (Å²) in [7, 11) is 0. The van der Waals surface area contributed by atoms with Gasteiger partial charge in [0, 0.05) is 0 Å². The molecule has 3 unspecified atom stereocenters. The van der Waals surface area contributed by atoms with E-state index in [0.29, 0.717) is 18.3 Å². The second-order valence-electron chi connectivity index (χ2n) is 3.98. The van der Waals surface area contributed by atoms with Gasteiger partial charge in [-0.15, -0.1) is 0 Å². The normalized spacial score (nSPS) is 40.8. The van der Waals surface area contributed by atoms with E-state index in [-0.39, 0.29) is 0 Å². The maximum atomic E-state index is 5.20. The van der Waals surface area contributed by atoms with E-state index in [4.69, 9.17) is 14.2 Å². The molecule has 4 nitrogen and oxygen atoms in total. The predicted octanol–water partition coefficient (Wildman–Crippen LogP) is -0.265. The fourth-order valence-corrected chi connectivity index (χ4v) is 1.49. The molecule has 3 aliphatic rings. The summed E-state index contributed by atoms with van der Waals surface area (Å²) in [5.41, 5.74) is 0. The minimum Gasteiger partial charge on any atom is -0.416 e. The number of hydrogen-bond donors (Lipinski definition) is 0. The first-order valence-electron chi connectivity index (χ1n) is 4.89. The molecule has 0 spiro atoms. The Labute approximate surface area is 77.4 Å². The van der Waals surface area contributed by atoms with E-state index in [1.54, 1.807) is 0 Å². The van der Waals surface area contributed by atoms with E-state index in [1.807, 2.05) is 0 Å². The Morgan fingerprint density at radius 3 is 1.31 bits per heavy atom. The topological polar surface area (TPSA) is 40.3 Å². The van der Waals surface area contributed by atoms with Crippen LogP contribution >= 0.6 is 0 Å². The summed E-state index contributed by atoms with van der Waals surface area (Å²) < 4.78 is 18.8. The largest absolute Gasteiger partial charge is 0.416 e. The Bertz CT molecular complexity index is 151. The van der Waals surface area contributed by atoms with Crippen LogP contribution in [0.15, 0.2) is 0 Å². The van der Waals surface area contributed by atoms with Gasteiger partial charge < -0.3 is 18.6 Å². The molecule has 3 atom stereocenters. The highest BCUT2D eigenvalue weighted by Crippen LogP contribution is 2.21.